The van der Waals surface area contributed by atoms with Crippen molar-refractivity contribution in [3.05, 3.63) is 78.4 Å². The van der Waals surface area contributed by atoms with E-state index in [1.807, 2.05) is 55.5 Å². The number of nitrogen functional groups attached to an aromatic ring is 2. The van der Waals surface area contributed by atoms with Crippen LogP contribution < -0.4 is 22.1 Å². The molecular weight excluding hydrogens is 486 g/mol. The highest BCUT2D eigenvalue weighted by Crippen LogP contribution is 2.13. The molecule has 3 aromatic rings. The van der Waals surface area contributed by atoms with E-state index >= 15 is 0 Å². The number of rotatable bonds is 12. The standard InChI is InChI=1S/C21H34N5.C7H8O3S/c1-3-26(2,16-4-14-24-20-10-6-18(22)7-11-20)17-5-15-25-21-12-8-19(23)9-13-21;1-6-2-4-7(5-3-6)11(8,9)10/h6-13,24-25H,3-5,14-17,22-23H2,1-2H3;2-5H,1H3,(H,8,9,10)/q+1;/p-1. The Bertz CT molecular complexity index is 1110. The fourth-order valence-corrected chi connectivity index (χ4v) is 4.19. The molecule has 0 spiro atoms. The summed E-state index contributed by atoms with van der Waals surface area (Å²) < 4.78 is 32.3. The van der Waals surface area contributed by atoms with Crippen LogP contribution in [0.5, 0.6) is 0 Å². The number of quaternary nitrogens is 1. The van der Waals surface area contributed by atoms with Crippen molar-refractivity contribution in [3.63, 3.8) is 0 Å². The van der Waals surface area contributed by atoms with Crippen LogP contribution in [0.15, 0.2) is 77.7 Å². The normalized spacial score (nSPS) is 11.4. The summed E-state index contributed by atoms with van der Waals surface area (Å²) >= 11 is 0. The van der Waals surface area contributed by atoms with Gasteiger partial charge in [0.05, 0.1) is 31.6 Å². The van der Waals surface area contributed by atoms with E-state index in [4.69, 9.17) is 11.5 Å². The van der Waals surface area contributed by atoms with E-state index in [0.717, 1.165) is 65.3 Å². The Morgan fingerprint density at radius 2 is 1.16 bits per heavy atom. The maximum absolute atomic E-state index is 10.4. The van der Waals surface area contributed by atoms with Crippen LogP contribution in [0.1, 0.15) is 25.3 Å². The van der Waals surface area contributed by atoms with E-state index in [1.165, 1.54) is 25.2 Å². The molecule has 0 radical (unpaired) electrons. The minimum Gasteiger partial charge on any atom is -0.744 e. The average molecular weight is 528 g/mol. The second kappa shape index (κ2) is 14.5. The van der Waals surface area contributed by atoms with Crippen LogP contribution in [0.3, 0.4) is 0 Å². The molecule has 0 atom stereocenters. The monoisotopic (exact) mass is 527 g/mol. The molecule has 8 nitrogen and oxygen atoms in total. The van der Waals surface area contributed by atoms with Gasteiger partial charge in [-0.05, 0) is 74.5 Å². The van der Waals surface area contributed by atoms with Crippen molar-refractivity contribution in [2.45, 2.75) is 31.6 Å². The largest absolute Gasteiger partial charge is 0.744 e. The van der Waals surface area contributed by atoms with E-state index in [0.29, 0.717) is 0 Å². The molecule has 0 bridgehead atoms. The quantitative estimate of drug-likeness (QED) is 0.118. The predicted octanol–water partition coefficient (Wildman–Crippen LogP) is 4.52. The number of benzene rings is 3. The summed E-state index contributed by atoms with van der Waals surface area (Å²) in [7, 11) is -1.92. The molecule has 202 valence electrons. The number of nitrogens with zero attached hydrogens (tertiary/aromatic N) is 1. The average Bonchev–Trinajstić information content (AvgIpc) is 2.87. The Morgan fingerprint density at radius 3 is 1.51 bits per heavy atom. The molecule has 0 aliphatic heterocycles. The fraction of sp³-hybridized carbons (Fsp3) is 0.357. The molecule has 0 fully saturated rings. The van der Waals surface area contributed by atoms with Crippen LogP contribution in [0.4, 0.5) is 22.7 Å². The van der Waals surface area contributed by atoms with Gasteiger partial charge < -0.3 is 31.1 Å². The molecule has 0 saturated heterocycles. The van der Waals surface area contributed by atoms with Crippen molar-refractivity contribution in [2.75, 3.05) is 61.9 Å². The lowest BCUT2D eigenvalue weighted by Gasteiger charge is -2.33. The van der Waals surface area contributed by atoms with Gasteiger partial charge in [-0.1, -0.05) is 17.7 Å². The number of hydrogen-bond donors (Lipinski definition) is 4. The summed E-state index contributed by atoms with van der Waals surface area (Å²) in [4.78, 5) is -0.178. The molecule has 3 rings (SSSR count). The van der Waals surface area contributed by atoms with Gasteiger partial charge in [-0.3, -0.25) is 0 Å². The first-order valence-corrected chi connectivity index (χ1v) is 14.0. The molecule has 9 heteroatoms. The van der Waals surface area contributed by atoms with Gasteiger partial charge in [0.2, 0.25) is 0 Å². The van der Waals surface area contributed by atoms with Crippen LogP contribution in [0.25, 0.3) is 0 Å². The van der Waals surface area contributed by atoms with Gasteiger partial charge in [0.1, 0.15) is 10.1 Å². The van der Waals surface area contributed by atoms with E-state index < -0.39 is 10.1 Å². The number of anilines is 4. The summed E-state index contributed by atoms with van der Waals surface area (Å²) in [5, 5.41) is 6.95. The molecule has 0 unspecified atom stereocenters. The predicted molar refractivity (Wildman–Crippen MR) is 154 cm³/mol. The lowest BCUT2D eigenvalue weighted by atomic mass is 10.2. The summed E-state index contributed by atoms with van der Waals surface area (Å²) in [5.74, 6) is 0. The topological polar surface area (TPSA) is 133 Å². The van der Waals surface area contributed by atoms with Crippen LogP contribution in [0, 0.1) is 6.92 Å². The second-order valence-corrected chi connectivity index (χ2v) is 10.8. The lowest BCUT2D eigenvalue weighted by Crippen LogP contribution is -2.46. The minimum absolute atomic E-state index is 0.178. The zero-order valence-electron chi connectivity index (χ0n) is 22.1. The second-order valence-electron chi connectivity index (χ2n) is 9.45. The number of hydrogen-bond acceptors (Lipinski definition) is 7. The molecule has 0 amide bonds. The first-order valence-electron chi connectivity index (χ1n) is 12.6. The van der Waals surface area contributed by atoms with Gasteiger partial charge in [0, 0.05) is 48.7 Å². The summed E-state index contributed by atoms with van der Waals surface area (Å²) in [5.41, 5.74) is 16.2. The summed E-state index contributed by atoms with van der Waals surface area (Å²) in [6.45, 7) is 9.59. The van der Waals surface area contributed by atoms with Gasteiger partial charge in [-0.2, -0.15) is 0 Å². The van der Waals surface area contributed by atoms with Gasteiger partial charge in [0.25, 0.3) is 0 Å². The summed E-state index contributed by atoms with van der Waals surface area (Å²) in [6, 6.07) is 21.7. The third kappa shape index (κ3) is 11.6. The molecular formula is C28H41N5O3S. The first-order chi connectivity index (χ1) is 17.5. The smallest absolute Gasteiger partial charge is 0.124 e. The molecule has 0 heterocycles. The number of nitrogens with one attached hydrogen (secondary N) is 2. The van der Waals surface area contributed by atoms with Crippen LogP contribution in [-0.2, 0) is 10.1 Å². The van der Waals surface area contributed by atoms with Gasteiger partial charge in [-0.15, -0.1) is 0 Å². The maximum Gasteiger partial charge on any atom is 0.124 e. The molecule has 37 heavy (non-hydrogen) atoms. The van der Waals surface area contributed by atoms with Crippen molar-refractivity contribution < 1.29 is 17.5 Å². The number of aryl methyl sites for hydroxylation is 1. The maximum atomic E-state index is 10.4. The van der Waals surface area contributed by atoms with Crippen LogP contribution in [0.2, 0.25) is 0 Å². The van der Waals surface area contributed by atoms with Crippen molar-refractivity contribution in [2.24, 2.45) is 0 Å². The Balaban J connectivity index is 0.000000364. The van der Waals surface area contributed by atoms with Crippen molar-refractivity contribution in [3.8, 4) is 0 Å². The van der Waals surface area contributed by atoms with Crippen molar-refractivity contribution >= 4 is 32.9 Å². The highest BCUT2D eigenvalue weighted by molar-refractivity contribution is 7.85. The molecule has 3 aromatic carbocycles. The fourth-order valence-electron chi connectivity index (χ4n) is 3.72. The minimum atomic E-state index is -4.27. The Labute approximate surface area is 222 Å². The van der Waals surface area contributed by atoms with E-state index in [1.54, 1.807) is 12.1 Å². The Hall–Kier alpha value is -3.27. The molecule has 6 N–H and O–H groups in total. The van der Waals surface area contributed by atoms with Gasteiger partial charge in [-0.25, -0.2) is 8.42 Å². The van der Waals surface area contributed by atoms with E-state index in [2.05, 4.69) is 24.6 Å². The SMILES string of the molecule is CC[N+](C)(CCCNc1ccc(N)cc1)CCCNc1ccc(N)cc1.Cc1ccc(S(=O)(=O)[O-])cc1. The van der Waals surface area contributed by atoms with Crippen molar-refractivity contribution in [1.82, 2.24) is 0 Å². The lowest BCUT2D eigenvalue weighted by molar-refractivity contribution is -0.907. The first kappa shape index (κ1) is 30.0. The zero-order chi connectivity index (χ0) is 27.3. The highest BCUT2D eigenvalue weighted by atomic mass is 32.2. The van der Waals surface area contributed by atoms with Gasteiger partial charge in [0.15, 0.2) is 0 Å². The zero-order valence-corrected chi connectivity index (χ0v) is 22.9. The molecule has 0 aliphatic rings. The van der Waals surface area contributed by atoms with Crippen molar-refractivity contribution in [1.29, 1.82) is 0 Å². The third-order valence-electron chi connectivity index (χ3n) is 6.30. The van der Waals surface area contributed by atoms with Crippen LogP contribution in [-0.4, -0.2) is 57.2 Å². The van der Waals surface area contributed by atoms with Gasteiger partial charge >= 0.3 is 0 Å². The molecule has 0 aliphatic carbocycles. The molecule has 0 saturated carbocycles. The third-order valence-corrected chi connectivity index (χ3v) is 7.15. The Morgan fingerprint density at radius 1 is 0.757 bits per heavy atom. The molecule has 0 aromatic heterocycles. The Kier molecular flexibility index (Phi) is 11.7. The highest BCUT2D eigenvalue weighted by Gasteiger charge is 2.17. The van der Waals surface area contributed by atoms with E-state index in [9.17, 15) is 13.0 Å². The van der Waals surface area contributed by atoms with Crippen LogP contribution >= 0.6 is 0 Å². The number of nitrogens with two attached hydrogens (primary N) is 2. The van der Waals surface area contributed by atoms with E-state index in [-0.39, 0.29) is 4.90 Å². The summed E-state index contributed by atoms with van der Waals surface area (Å²) in [6.07, 6.45) is 2.31.